The third-order valence-electron chi connectivity index (χ3n) is 1.83. The first-order chi connectivity index (χ1) is 6.74. The zero-order chi connectivity index (χ0) is 10.4. The highest BCUT2D eigenvalue weighted by Gasteiger charge is 1.98. The molecule has 0 bridgehead atoms. The number of allylic oxidation sites excluding steroid dienone is 1. The molecule has 14 heavy (non-hydrogen) atoms. The van der Waals surface area contributed by atoms with Gasteiger partial charge in [0, 0.05) is 21.7 Å². The molecule has 0 aliphatic rings. The molecule has 0 heterocycles. The van der Waals surface area contributed by atoms with Gasteiger partial charge in [0.25, 0.3) is 0 Å². The molecule has 1 nitrogen and oxygen atoms in total. The van der Waals surface area contributed by atoms with Gasteiger partial charge in [-0.1, -0.05) is 17.7 Å². The summed E-state index contributed by atoms with van der Waals surface area (Å²) in [4.78, 5) is 0. The number of nitrogens with one attached hydrogen (secondary N) is 1. The summed E-state index contributed by atoms with van der Waals surface area (Å²) in [6.45, 7) is 4.63. The minimum Gasteiger partial charge on any atom is -0.384 e. The molecule has 76 valence electrons. The Morgan fingerprint density at radius 1 is 1.50 bits per heavy atom. The van der Waals surface area contributed by atoms with Crippen LogP contribution in [0.2, 0.25) is 5.02 Å². The summed E-state index contributed by atoms with van der Waals surface area (Å²) in [5.41, 5.74) is 1.08. The van der Waals surface area contributed by atoms with E-state index in [9.17, 15) is 0 Å². The lowest BCUT2D eigenvalue weighted by Crippen LogP contribution is -2.01. The molecule has 0 spiro atoms. The van der Waals surface area contributed by atoms with Crippen LogP contribution >= 0.6 is 27.5 Å². The normalized spacial score (nSPS) is 9.86. The fourth-order valence-corrected chi connectivity index (χ4v) is 1.93. The summed E-state index contributed by atoms with van der Waals surface area (Å²) in [5, 5.41) is 4.07. The van der Waals surface area contributed by atoms with Crippen LogP contribution < -0.4 is 5.32 Å². The van der Waals surface area contributed by atoms with Gasteiger partial charge in [-0.15, -0.1) is 6.58 Å². The van der Waals surface area contributed by atoms with Crippen molar-refractivity contribution in [3.8, 4) is 0 Å². The third kappa shape index (κ3) is 3.72. The Labute approximate surface area is 98.3 Å². The van der Waals surface area contributed by atoms with Gasteiger partial charge in [0.15, 0.2) is 0 Å². The molecular formula is C11H13BrClN. The summed E-state index contributed by atoms with van der Waals surface area (Å²) >= 11 is 9.28. The first kappa shape index (κ1) is 11.6. The fourth-order valence-electron chi connectivity index (χ4n) is 1.10. The highest BCUT2D eigenvalue weighted by molar-refractivity contribution is 9.10. The van der Waals surface area contributed by atoms with Crippen LogP contribution in [0, 0.1) is 0 Å². The van der Waals surface area contributed by atoms with Gasteiger partial charge in [-0.25, -0.2) is 0 Å². The second-order valence-corrected chi connectivity index (χ2v) is 4.27. The van der Waals surface area contributed by atoms with Crippen LogP contribution in [0.25, 0.3) is 0 Å². The first-order valence-electron chi connectivity index (χ1n) is 4.54. The summed E-state index contributed by atoms with van der Waals surface area (Å²) in [7, 11) is 0. The molecule has 1 aromatic rings. The molecular weight excluding hydrogens is 261 g/mol. The second-order valence-electron chi connectivity index (χ2n) is 2.98. The Kier molecular flexibility index (Phi) is 5.05. The van der Waals surface area contributed by atoms with Crippen LogP contribution in [0.4, 0.5) is 5.69 Å². The standard InChI is InChI=1S/C11H13BrClN/c1-2-3-4-7-14-11-6-5-9(13)8-10(11)12/h2,5-6,8,14H,1,3-4,7H2. The molecule has 1 rings (SSSR count). The van der Waals surface area contributed by atoms with Crippen molar-refractivity contribution in [3.63, 3.8) is 0 Å². The van der Waals surface area contributed by atoms with E-state index in [1.54, 1.807) is 0 Å². The summed E-state index contributed by atoms with van der Waals surface area (Å²) in [6, 6.07) is 5.74. The number of halogens is 2. The van der Waals surface area contributed by atoms with E-state index in [1.165, 1.54) is 0 Å². The zero-order valence-corrected chi connectivity index (χ0v) is 10.2. The molecule has 0 atom stereocenters. The maximum Gasteiger partial charge on any atom is 0.0485 e. The van der Waals surface area contributed by atoms with Crippen molar-refractivity contribution in [3.05, 3.63) is 40.3 Å². The van der Waals surface area contributed by atoms with Gasteiger partial charge < -0.3 is 5.32 Å². The lowest BCUT2D eigenvalue weighted by atomic mass is 10.3. The molecule has 0 aliphatic heterocycles. The summed E-state index contributed by atoms with van der Waals surface area (Å²) < 4.78 is 1.00. The van der Waals surface area contributed by atoms with E-state index in [2.05, 4.69) is 27.8 Å². The van der Waals surface area contributed by atoms with Gasteiger partial charge in [-0.3, -0.25) is 0 Å². The molecule has 0 aromatic heterocycles. The molecule has 0 aliphatic carbocycles. The summed E-state index contributed by atoms with van der Waals surface area (Å²) in [6.07, 6.45) is 4.06. The highest BCUT2D eigenvalue weighted by atomic mass is 79.9. The maximum atomic E-state index is 5.83. The Morgan fingerprint density at radius 2 is 2.29 bits per heavy atom. The monoisotopic (exact) mass is 273 g/mol. The van der Waals surface area contributed by atoms with E-state index >= 15 is 0 Å². The van der Waals surface area contributed by atoms with Crippen molar-refractivity contribution in [2.24, 2.45) is 0 Å². The summed E-state index contributed by atoms with van der Waals surface area (Å²) in [5.74, 6) is 0. The van der Waals surface area contributed by atoms with Gasteiger partial charge in [-0.2, -0.15) is 0 Å². The molecule has 1 N–H and O–H groups in total. The van der Waals surface area contributed by atoms with Crippen molar-refractivity contribution in [1.29, 1.82) is 0 Å². The fraction of sp³-hybridized carbons (Fsp3) is 0.273. The Balaban J connectivity index is 2.46. The average Bonchev–Trinajstić information content (AvgIpc) is 2.15. The molecule has 0 unspecified atom stereocenters. The van der Waals surface area contributed by atoms with Gasteiger partial charge >= 0.3 is 0 Å². The number of unbranched alkanes of at least 4 members (excludes halogenated alkanes) is 1. The van der Waals surface area contributed by atoms with E-state index in [-0.39, 0.29) is 0 Å². The number of benzene rings is 1. The number of hydrogen-bond acceptors (Lipinski definition) is 1. The molecule has 0 radical (unpaired) electrons. The van der Waals surface area contributed by atoms with Crippen LogP contribution in [0.3, 0.4) is 0 Å². The van der Waals surface area contributed by atoms with Gasteiger partial charge in [-0.05, 0) is 47.0 Å². The molecule has 0 saturated heterocycles. The minimum absolute atomic E-state index is 0.744. The highest BCUT2D eigenvalue weighted by Crippen LogP contribution is 2.25. The Bertz CT molecular complexity index is 312. The van der Waals surface area contributed by atoms with Crippen LogP contribution in [0.5, 0.6) is 0 Å². The van der Waals surface area contributed by atoms with Crippen LogP contribution in [0.15, 0.2) is 35.3 Å². The Morgan fingerprint density at radius 3 is 2.93 bits per heavy atom. The average molecular weight is 275 g/mol. The van der Waals surface area contributed by atoms with E-state index in [1.807, 2.05) is 24.3 Å². The predicted molar refractivity (Wildman–Crippen MR) is 67.1 cm³/mol. The van der Waals surface area contributed by atoms with E-state index in [0.717, 1.165) is 34.6 Å². The van der Waals surface area contributed by atoms with Crippen molar-refractivity contribution in [2.45, 2.75) is 12.8 Å². The van der Waals surface area contributed by atoms with Crippen molar-refractivity contribution < 1.29 is 0 Å². The van der Waals surface area contributed by atoms with Crippen LogP contribution in [-0.2, 0) is 0 Å². The predicted octanol–water partition coefficient (Wildman–Crippen LogP) is 4.48. The SMILES string of the molecule is C=CCCCNc1ccc(Cl)cc1Br. The smallest absolute Gasteiger partial charge is 0.0485 e. The largest absolute Gasteiger partial charge is 0.384 e. The number of hydrogen-bond donors (Lipinski definition) is 1. The second kappa shape index (κ2) is 6.10. The van der Waals surface area contributed by atoms with E-state index in [0.29, 0.717) is 0 Å². The first-order valence-corrected chi connectivity index (χ1v) is 5.71. The topological polar surface area (TPSA) is 12.0 Å². The minimum atomic E-state index is 0.744. The van der Waals surface area contributed by atoms with Crippen molar-refractivity contribution in [1.82, 2.24) is 0 Å². The van der Waals surface area contributed by atoms with Gasteiger partial charge in [0.05, 0.1) is 0 Å². The van der Waals surface area contributed by atoms with Crippen molar-refractivity contribution in [2.75, 3.05) is 11.9 Å². The van der Waals surface area contributed by atoms with Crippen molar-refractivity contribution >= 4 is 33.2 Å². The van der Waals surface area contributed by atoms with E-state index < -0.39 is 0 Å². The third-order valence-corrected chi connectivity index (χ3v) is 2.72. The maximum absolute atomic E-state index is 5.83. The van der Waals surface area contributed by atoms with Crippen LogP contribution in [0.1, 0.15) is 12.8 Å². The van der Waals surface area contributed by atoms with Gasteiger partial charge in [0.2, 0.25) is 0 Å². The molecule has 0 saturated carbocycles. The molecule has 0 amide bonds. The Hall–Kier alpha value is -0.470. The lowest BCUT2D eigenvalue weighted by molar-refractivity contribution is 0.890. The van der Waals surface area contributed by atoms with E-state index in [4.69, 9.17) is 11.6 Å². The molecule has 1 aromatic carbocycles. The lowest BCUT2D eigenvalue weighted by Gasteiger charge is -2.07. The number of anilines is 1. The molecule has 3 heteroatoms. The van der Waals surface area contributed by atoms with Crippen LogP contribution in [-0.4, -0.2) is 6.54 Å². The number of rotatable bonds is 5. The molecule has 0 fully saturated rings. The van der Waals surface area contributed by atoms with Gasteiger partial charge in [0.1, 0.15) is 0 Å². The zero-order valence-electron chi connectivity index (χ0n) is 7.89. The quantitative estimate of drug-likeness (QED) is 0.616.